The minimum absolute atomic E-state index is 0.411. The summed E-state index contributed by atoms with van der Waals surface area (Å²) in [5, 5.41) is 4.10. The molecule has 5 aromatic rings. The minimum atomic E-state index is 0.411. The van der Waals surface area contributed by atoms with E-state index in [1.165, 1.54) is 6.33 Å². The molecule has 0 saturated carbocycles. The van der Waals surface area contributed by atoms with Crippen LogP contribution in [0.15, 0.2) is 53.3 Å². The number of rotatable bonds is 7. The Morgan fingerprint density at radius 1 is 1.15 bits per heavy atom. The number of anilines is 3. The lowest BCUT2D eigenvalue weighted by Crippen LogP contribution is -2.19. The molecule has 2 aromatic carbocycles. The summed E-state index contributed by atoms with van der Waals surface area (Å²) in [6.07, 6.45) is 3.49. The van der Waals surface area contributed by atoms with Gasteiger partial charge in [0.15, 0.2) is 11.3 Å². The third kappa shape index (κ3) is 4.13. The molecular formula is C25H27N7O2. The summed E-state index contributed by atoms with van der Waals surface area (Å²) in [5.74, 6) is 1.16. The van der Waals surface area contributed by atoms with Crippen molar-refractivity contribution < 1.29 is 9.15 Å². The van der Waals surface area contributed by atoms with Gasteiger partial charge in [-0.25, -0.2) is 9.97 Å². The molecule has 5 rings (SSSR count). The lowest BCUT2D eigenvalue weighted by atomic mass is 10.1. The number of aryl methyl sites for hydroxylation is 2. The molecule has 0 fully saturated rings. The van der Waals surface area contributed by atoms with E-state index in [0.717, 1.165) is 45.5 Å². The van der Waals surface area contributed by atoms with Crippen molar-refractivity contribution in [3.05, 3.63) is 54.5 Å². The zero-order valence-electron chi connectivity index (χ0n) is 19.7. The highest BCUT2D eigenvalue weighted by Crippen LogP contribution is 2.34. The number of nitrogens with one attached hydrogen (secondary N) is 1. The molecule has 0 bridgehead atoms. The van der Waals surface area contributed by atoms with Gasteiger partial charge in [-0.1, -0.05) is 12.1 Å². The van der Waals surface area contributed by atoms with Crippen LogP contribution in [0.25, 0.3) is 33.3 Å². The fourth-order valence-corrected chi connectivity index (χ4v) is 3.94. The topological polar surface area (TPSA) is 107 Å². The van der Waals surface area contributed by atoms with Crippen LogP contribution >= 0.6 is 0 Å². The molecule has 0 radical (unpaired) electrons. The fraction of sp³-hybridized carbons (Fsp3) is 0.240. The van der Waals surface area contributed by atoms with Gasteiger partial charge in [-0.05, 0) is 56.4 Å². The lowest BCUT2D eigenvalue weighted by molar-refractivity contribution is 0.261. The highest BCUT2D eigenvalue weighted by Gasteiger charge is 2.15. The molecule has 0 aliphatic carbocycles. The van der Waals surface area contributed by atoms with Crippen LogP contribution in [0.2, 0.25) is 0 Å². The Morgan fingerprint density at radius 3 is 2.71 bits per heavy atom. The van der Waals surface area contributed by atoms with Crippen molar-refractivity contribution >= 4 is 39.7 Å². The van der Waals surface area contributed by atoms with Crippen LogP contribution < -0.4 is 15.8 Å². The second-order valence-corrected chi connectivity index (χ2v) is 8.60. The summed E-state index contributed by atoms with van der Waals surface area (Å²) >= 11 is 0. The van der Waals surface area contributed by atoms with E-state index in [4.69, 9.17) is 14.9 Å². The maximum atomic E-state index is 6.13. The first-order valence-corrected chi connectivity index (χ1v) is 11.0. The first-order chi connectivity index (χ1) is 16.4. The first kappa shape index (κ1) is 21.7. The number of nitrogen functional groups attached to an aromatic ring is 1. The number of hydrogen-bond acceptors (Lipinski definition) is 8. The summed E-state index contributed by atoms with van der Waals surface area (Å²) < 4.78 is 13.9. The number of fused-ring (bicyclic) bond motifs is 2. The second-order valence-electron chi connectivity index (χ2n) is 8.60. The van der Waals surface area contributed by atoms with Crippen LogP contribution in [-0.4, -0.2) is 51.7 Å². The average Bonchev–Trinajstić information content (AvgIpc) is 3.35. The third-order valence-corrected chi connectivity index (χ3v) is 5.63. The predicted octanol–water partition coefficient (Wildman–Crippen LogP) is 4.35. The number of oxazole rings is 1. The van der Waals surface area contributed by atoms with E-state index < -0.39 is 0 Å². The van der Waals surface area contributed by atoms with Crippen LogP contribution in [0, 0.1) is 6.92 Å². The summed E-state index contributed by atoms with van der Waals surface area (Å²) in [6, 6.07) is 12.4. The Hall–Kier alpha value is -4.11. The molecule has 0 unspecified atom stereocenters. The quantitative estimate of drug-likeness (QED) is 0.371. The van der Waals surface area contributed by atoms with Crippen LogP contribution in [0.3, 0.4) is 0 Å². The second kappa shape index (κ2) is 8.68. The average molecular weight is 458 g/mol. The van der Waals surface area contributed by atoms with Crippen LogP contribution in [0.5, 0.6) is 5.75 Å². The maximum Gasteiger partial charge on any atom is 0.300 e. The Kier molecular flexibility index (Phi) is 5.54. The number of likely N-dealkylation sites (N-methyl/N-ethyl adjacent to an activating group) is 1. The van der Waals surface area contributed by atoms with Crippen molar-refractivity contribution in [2.75, 3.05) is 38.3 Å². The smallest absolute Gasteiger partial charge is 0.300 e. The van der Waals surface area contributed by atoms with E-state index in [1.807, 2.05) is 75.2 Å². The summed E-state index contributed by atoms with van der Waals surface area (Å²) in [5.41, 5.74) is 12.2. The van der Waals surface area contributed by atoms with Crippen molar-refractivity contribution in [2.45, 2.75) is 6.92 Å². The largest absolute Gasteiger partial charge is 0.488 e. The fourth-order valence-electron chi connectivity index (χ4n) is 3.94. The Labute approximate surface area is 197 Å². The van der Waals surface area contributed by atoms with Crippen LogP contribution in [-0.2, 0) is 7.05 Å². The number of nitrogens with two attached hydrogens (primary N) is 1. The number of aromatic nitrogens is 4. The van der Waals surface area contributed by atoms with Gasteiger partial charge in [-0.3, -0.25) is 0 Å². The van der Waals surface area contributed by atoms with E-state index in [9.17, 15) is 0 Å². The van der Waals surface area contributed by atoms with Crippen molar-refractivity contribution in [3.63, 3.8) is 0 Å². The number of ether oxygens (including phenoxy) is 1. The third-order valence-electron chi connectivity index (χ3n) is 5.63. The zero-order valence-corrected chi connectivity index (χ0v) is 19.7. The highest BCUT2D eigenvalue weighted by molar-refractivity contribution is 6.00. The SMILES string of the molecule is Cc1cc(OCCN(C)C)c2oc(Nc3ccc(-c4cn(C)c5ncnc(N)c45)cc3)nc2c1. The molecule has 9 nitrogen and oxygen atoms in total. The molecule has 9 heteroatoms. The molecule has 3 aromatic heterocycles. The lowest BCUT2D eigenvalue weighted by Gasteiger charge is -2.11. The van der Waals surface area contributed by atoms with Crippen molar-refractivity contribution in [1.82, 2.24) is 24.4 Å². The van der Waals surface area contributed by atoms with Crippen molar-refractivity contribution in [2.24, 2.45) is 7.05 Å². The molecule has 0 atom stereocenters. The van der Waals surface area contributed by atoms with E-state index >= 15 is 0 Å². The van der Waals surface area contributed by atoms with E-state index in [1.54, 1.807) is 0 Å². The number of nitrogens with zero attached hydrogens (tertiary/aromatic N) is 5. The molecule has 0 amide bonds. The Morgan fingerprint density at radius 2 is 1.94 bits per heavy atom. The van der Waals surface area contributed by atoms with E-state index in [0.29, 0.717) is 29.8 Å². The Bertz CT molecular complexity index is 1470. The summed E-state index contributed by atoms with van der Waals surface area (Å²) in [7, 11) is 5.97. The molecule has 0 aliphatic rings. The standard InChI is InChI=1S/C25H27N7O2/c1-15-11-19-22(20(12-15)33-10-9-31(2)3)34-25(30-19)29-17-7-5-16(6-8-17)18-13-32(4)24-21(18)23(26)27-14-28-24/h5-8,11-14H,9-10H2,1-4H3,(H,29,30)(H2,26,27,28). The highest BCUT2D eigenvalue weighted by atomic mass is 16.5. The maximum absolute atomic E-state index is 6.13. The zero-order chi connectivity index (χ0) is 23.8. The number of hydrogen-bond donors (Lipinski definition) is 2. The van der Waals surface area contributed by atoms with E-state index in [2.05, 4.69) is 25.2 Å². The molecule has 3 heterocycles. The van der Waals surface area contributed by atoms with Gasteiger partial charge in [0.25, 0.3) is 6.01 Å². The summed E-state index contributed by atoms with van der Waals surface area (Å²) in [6.45, 7) is 3.40. The van der Waals surface area contributed by atoms with Gasteiger partial charge < -0.3 is 29.7 Å². The van der Waals surface area contributed by atoms with Gasteiger partial charge in [0.1, 0.15) is 29.9 Å². The minimum Gasteiger partial charge on any atom is -0.488 e. The van der Waals surface area contributed by atoms with Crippen molar-refractivity contribution in [1.29, 1.82) is 0 Å². The van der Waals surface area contributed by atoms with Gasteiger partial charge in [-0.2, -0.15) is 4.98 Å². The van der Waals surface area contributed by atoms with Gasteiger partial charge in [0, 0.05) is 31.0 Å². The summed E-state index contributed by atoms with van der Waals surface area (Å²) in [4.78, 5) is 15.2. The Balaban J connectivity index is 1.40. The van der Waals surface area contributed by atoms with Gasteiger partial charge in [0.05, 0.1) is 5.39 Å². The molecule has 0 saturated heterocycles. The first-order valence-electron chi connectivity index (χ1n) is 11.0. The van der Waals surface area contributed by atoms with Crippen LogP contribution in [0.1, 0.15) is 5.56 Å². The molecular weight excluding hydrogens is 430 g/mol. The number of benzene rings is 2. The predicted molar refractivity (Wildman–Crippen MR) is 134 cm³/mol. The van der Waals surface area contributed by atoms with Gasteiger partial charge in [-0.15, -0.1) is 0 Å². The molecule has 3 N–H and O–H groups in total. The monoisotopic (exact) mass is 457 g/mol. The molecule has 0 aliphatic heterocycles. The normalized spacial score (nSPS) is 11.6. The van der Waals surface area contributed by atoms with Crippen LogP contribution in [0.4, 0.5) is 17.5 Å². The molecule has 34 heavy (non-hydrogen) atoms. The van der Waals surface area contributed by atoms with Crippen molar-refractivity contribution in [3.8, 4) is 16.9 Å². The molecule has 174 valence electrons. The molecule has 0 spiro atoms. The van der Waals surface area contributed by atoms with E-state index in [-0.39, 0.29) is 0 Å². The van der Waals surface area contributed by atoms with Gasteiger partial charge in [0.2, 0.25) is 0 Å². The van der Waals surface area contributed by atoms with Gasteiger partial charge >= 0.3 is 0 Å².